The summed E-state index contributed by atoms with van der Waals surface area (Å²) in [5, 5.41) is 8.79. The SMILES string of the molecule is O=[P+](O)O[P+](=O)O.OC(Cl)c1ccccc1. The predicted octanol–water partition coefficient (Wildman–Crippen LogP) is 2.22. The first-order valence-corrected chi connectivity index (χ1v) is 6.50. The molecular weight excluding hydrogens is 277 g/mol. The molecule has 1 aromatic carbocycles. The number of hydrogen-bond donors (Lipinski definition) is 3. The molecule has 0 aliphatic rings. The van der Waals surface area contributed by atoms with Crippen LogP contribution in [0.25, 0.3) is 0 Å². The quantitative estimate of drug-likeness (QED) is 0.581. The van der Waals surface area contributed by atoms with Crippen molar-refractivity contribution >= 4 is 28.1 Å². The Morgan fingerprint density at radius 3 is 1.75 bits per heavy atom. The second-order valence-corrected chi connectivity index (χ2v) is 4.32. The molecule has 0 saturated carbocycles. The van der Waals surface area contributed by atoms with Crippen molar-refractivity contribution in [1.82, 2.24) is 0 Å². The Morgan fingerprint density at radius 2 is 1.56 bits per heavy atom. The van der Waals surface area contributed by atoms with E-state index in [1.165, 1.54) is 0 Å². The Morgan fingerprint density at radius 1 is 1.12 bits per heavy atom. The second-order valence-electron chi connectivity index (χ2n) is 2.30. The van der Waals surface area contributed by atoms with E-state index in [-0.39, 0.29) is 0 Å². The molecule has 0 aromatic heterocycles. The Balaban J connectivity index is 0.000000293. The third-order valence-corrected chi connectivity index (χ3v) is 2.58. The molecule has 0 amide bonds. The molecule has 3 unspecified atom stereocenters. The van der Waals surface area contributed by atoms with E-state index in [1.807, 2.05) is 18.2 Å². The lowest BCUT2D eigenvalue weighted by atomic mass is 10.2. The van der Waals surface area contributed by atoms with Gasteiger partial charge in [0.1, 0.15) is 0 Å². The van der Waals surface area contributed by atoms with Crippen LogP contribution in [0.15, 0.2) is 30.3 Å². The third-order valence-electron chi connectivity index (χ3n) is 1.21. The number of rotatable bonds is 3. The van der Waals surface area contributed by atoms with Crippen LogP contribution in [-0.4, -0.2) is 14.9 Å². The summed E-state index contributed by atoms with van der Waals surface area (Å²) in [6.07, 6.45) is 0. The largest absolute Gasteiger partial charge is 0.745 e. The number of hydrogen-bond acceptors (Lipinski definition) is 4. The smallest absolute Gasteiger partial charge is 0.373 e. The molecule has 0 aliphatic heterocycles. The first-order valence-electron chi connectivity index (χ1n) is 3.81. The molecule has 16 heavy (non-hydrogen) atoms. The summed E-state index contributed by atoms with van der Waals surface area (Å²) >= 11 is 5.36. The average Bonchev–Trinajstić information content (AvgIpc) is 2.17. The van der Waals surface area contributed by atoms with Gasteiger partial charge in [-0.05, 0) is 5.56 Å². The van der Waals surface area contributed by atoms with Gasteiger partial charge in [0.15, 0.2) is 9.87 Å². The van der Waals surface area contributed by atoms with Gasteiger partial charge in [0.2, 0.25) is 0 Å². The van der Waals surface area contributed by atoms with E-state index in [9.17, 15) is 9.13 Å². The topological polar surface area (TPSA) is 104 Å². The molecule has 9 heteroatoms. The number of aliphatic hydroxyl groups excluding tert-OH is 1. The molecule has 0 radical (unpaired) electrons. The van der Waals surface area contributed by atoms with Gasteiger partial charge in [-0.25, -0.2) is 0 Å². The molecule has 3 N–H and O–H groups in total. The highest BCUT2D eigenvalue weighted by Gasteiger charge is 2.31. The summed E-state index contributed by atoms with van der Waals surface area (Å²) in [5.74, 6) is 0. The average molecular weight is 287 g/mol. The van der Waals surface area contributed by atoms with Crippen LogP contribution in [0.2, 0.25) is 0 Å². The highest BCUT2D eigenvalue weighted by atomic mass is 35.5. The maximum Gasteiger partial charge on any atom is 0.745 e. The Labute approximate surface area is 98.4 Å². The van der Waals surface area contributed by atoms with Crippen LogP contribution in [0.1, 0.15) is 11.1 Å². The van der Waals surface area contributed by atoms with Gasteiger partial charge in [0, 0.05) is 9.13 Å². The molecule has 0 bridgehead atoms. The molecule has 0 aliphatic carbocycles. The van der Waals surface area contributed by atoms with E-state index in [0.717, 1.165) is 5.56 Å². The van der Waals surface area contributed by atoms with Crippen molar-refractivity contribution in [3.05, 3.63) is 35.9 Å². The van der Waals surface area contributed by atoms with Crippen LogP contribution in [-0.2, 0) is 13.4 Å². The van der Waals surface area contributed by atoms with Crippen LogP contribution in [0.4, 0.5) is 0 Å². The van der Waals surface area contributed by atoms with Crippen molar-refractivity contribution in [1.29, 1.82) is 0 Å². The summed E-state index contributed by atoms with van der Waals surface area (Å²) in [4.78, 5) is 15.3. The van der Waals surface area contributed by atoms with Crippen molar-refractivity contribution in [3.8, 4) is 0 Å². The lowest BCUT2D eigenvalue weighted by molar-refractivity contribution is 0.263. The van der Waals surface area contributed by atoms with E-state index in [1.54, 1.807) is 12.1 Å². The molecule has 1 aromatic rings. The van der Waals surface area contributed by atoms with Gasteiger partial charge in [-0.3, -0.25) is 0 Å². The zero-order chi connectivity index (χ0) is 12.6. The van der Waals surface area contributed by atoms with Gasteiger partial charge in [0.05, 0.1) is 0 Å². The maximum atomic E-state index is 9.39. The number of alkyl halides is 1. The summed E-state index contributed by atoms with van der Waals surface area (Å²) in [7, 11) is -5.85. The van der Waals surface area contributed by atoms with Crippen LogP contribution in [0, 0.1) is 0 Å². The molecule has 0 spiro atoms. The van der Waals surface area contributed by atoms with Crippen LogP contribution in [0.3, 0.4) is 0 Å². The molecular formula is C7H9ClO6P2+2. The van der Waals surface area contributed by atoms with E-state index in [0.29, 0.717) is 0 Å². The first kappa shape index (κ1) is 15.6. The third kappa shape index (κ3) is 8.83. The summed E-state index contributed by atoms with van der Waals surface area (Å²) in [6, 6.07) is 9.10. The lowest BCUT2D eigenvalue weighted by Crippen LogP contribution is -1.84. The van der Waals surface area contributed by atoms with Crippen molar-refractivity contribution in [3.63, 3.8) is 0 Å². The maximum absolute atomic E-state index is 9.39. The van der Waals surface area contributed by atoms with Crippen molar-refractivity contribution < 1.29 is 28.3 Å². The standard InChI is InChI=1S/C7H7ClO.O5P2/c8-7(9)6-4-2-1-3-5-6;1-6(2)5-7(3)4/h1-5,7,9H;/p+2. The van der Waals surface area contributed by atoms with Gasteiger partial charge < -0.3 is 5.11 Å². The van der Waals surface area contributed by atoms with Crippen molar-refractivity contribution in [2.45, 2.75) is 5.56 Å². The summed E-state index contributed by atoms with van der Waals surface area (Å²) < 4.78 is 22.2. The van der Waals surface area contributed by atoms with Gasteiger partial charge in [-0.1, -0.05) is 41.9 Å². The highest BCUT2D eigenvalue weighted by Crippen LogP contribution is 2.30. The molecule has 88 valence electrons. The molecule has 0 fully saturated rings. The van der Waals surface area contributed by atoms with E-state index < -0.39 is 22.1 Å². The number of aliphatic hydroxyl groups is 1. The van der Waals surface area contributed by atoms with Gasteiger partial charge in [0.25, 0.3) is 0 Å². The zero-order valence-electron chi connectivity index (χ0n) is 7.80. The lowest BCUT2D eigenvalue weighted by Gasteiger charge is -1.98. The van der Waals surface area contributed by atoms with E-state index in [2.05, 4.69) is 4.31 Å². The normalized spacial score (nSPS) is 13.2. The van der Waals surface area contributed by atoms with Crippen molar-refractivity contribution in [2.75, 3.05) is 0 Å². The first-order chi connectivity index (χ1) is 7.43. The molecule has 0 heterocycles. The summed E-state index contributed by atoms with van der Waals surface area (Å²) in [6.45, 7) is 0. The number of benzene rings is 1. The van der Waals surface area contributed by atoms with Crippen LogP contribution < -0.4 is 0 Å². The molecule has 6 nitrogen and oxygen atoms in total. The molecule has 3 atom stereocenters. The Hall–Kier alpha value is -0.450. The minimum Gasteiger partial charge on any atom is -0.373 e. The van der Waals surface area contributed by atoms with Gasteiger partial charge in [-0.15, -0.1) is 9.79 Å². The van der Waals surface area contributed by atoms with E-state index >= 15 is 0 Å². The minimum absolute atomic E-state index is 0.735. The van der Waals surface area contributed by atoms with E-state index in [4.69, 9.17) is 26.5 Å². The monoisotopic (exact) mass is 286 g/mol. The van der Waals surface area contributed by atoms with Crippen molar-refractivity contribution in [2.24, 2.45) is 0 Å². The highest BCUT2D eigenvalue weighted by molar-refractivity contribution is 7.46. The Kier molecular flexibility index (Phi) is 8.43. The van der Waals surface area contributed by atoms with Gasteiger partial charge in [-0.2, -0.15) is 0 Å². The molecule has 1 rings (SSSR count). The van der Waals surface area contributed by atoms with Crippen LogP contribution >= 0.6 is 28.1 Å². The fourth-order valence-electron chi connectivity index (χ4n) is 0.672. The Bertz CT molecular complexity index is 332. The van der Waals surface area contributed by atoms with Crippen LogP contribution in [0.5, 0.6) is 0 Å². The fourth-order valence-corrected chi connectivity index (χ4v) is 1.30. The summed E-state index contributed by atoms with van der Waals surface area (Å²) in [5.41, 5.74) is -0.134. The zero-order valence-corrected chi connectivity index (χ0v) is 10.3. The number of halogens is 1. The van der Waals surface area contributed by atoms with Gasteiger partial charge >= 0.3 is 16.5 Å². The second kappa shape index (κ2) is 8.67. The minimum atomic E-state index is -2.92. The fraction of sp³-hybridized carbons (Fsp3) is 0.143. The predicted molar refractivity (Wildman–Crippen MR) is 58.0 cm³/mol. The molecule has 0 saturated heterocycles.